The van der Waals surface area contributed by atoms with Gasteiger partial charge in [0.05, 0.1) is 48.4 Å². The van der Waals surface area contributed by atoms with Gasteiger partial charge in [0.1, 0.15) is 0 Å². The van der Waals surface area contributed by atoms with Crippen molar-refractivity contribution >= 4 is 48.3 Å². The van der Waals surface area contributed by atoms with Gasteiger partial charge in [-0.2, -0.15) is 8.81 Å². The summed E-state index contributed by atoms with van der Waals surface area (Å²) in [7, 11) is -7.99. The van der Waals surface area contributed by atoms with E-state index in [1.807, 2.05) is 23.5 Å². The SMILES string of the molecule is CS(=O)(=O)N(c1ccc(NN2C=Cc3cnn(C4Cc5cccc6cccc4c56)c3C2)cc1)S(C)(=O)=O. The monoisotopic (exact) mass is 535 g/mol. The summed E-state index contributed by atoms with van der Waals surface area (Å²) >= 11 is 0. The lowest BCUT2D eigenvalue weighted by Gasteiger charge is -2.28. The molecular weight excluding hydrogens is 510 g/mol. The number of sulfonamides is 2. The molecule has 0 bridgehead atoms. The summed E-state index contributed by atoms with van der Waals surface area (Å²) in [6, 6.07) is 19.2. The normalized spacial score (nSPS) is 16.7. The molecule has 1 aliphatic heterocycles. The van der Waals surface area contributed by atoms with Crippen molar-refractivity contribution in [3.8, 4) is 0 Å². The summed E-state index contributed by atoms with van der Waals surface area (Å²) in [6.07, 6.45) is 8.44. The molecule has 0 saturated heterocycles. The number of anilines is 2. The number of hydrazine groups is 1. The van der Waals surface area contributed by atoms with E-state index in [2.05, 4.69) is 46.5 Å². The van der Waals surface area contributed by atoms with Crippen molar-refractivity contribution in [2.24, 2.45) is 0 Å². The molecule has 1 unspecified atom stereocenters. The van der Waals surface area contributed by atoms with Gasteiger partial charge >= 0.3 is 0 Å². The van der Waals surface area contributed by atoms with E-state index >= 15 is 0 Å². The van der Waals surface area contributed by atoms with Crippen LogP contribution in [-0.4, -0.2) is 44.1 Å². The van der Waals surface area contributed by atoms with Gasteiger partial charge < -0.3 is 0 Å². The third kappa shape index (κ3) is 4.13. The number of benzene rings is 3. The Morgan fingerprint density at radius 1 is 0.946 bits per heavy atom. The van der Waals surface area contributed by atoms with E-state index in [1.165, 1.54) is 34.0 Å². The van der Waals surface area contributed by atoms with Gasteiger partial charge in [0.15, 0.2) is 0 Å². The van der Waals surface area contributed by atoms with Crippen LogP contribution < -0.4 is 9.14 Å². The maximum Gasteiger partial charge on any atom is 0.245 e. The lowest BCUT2D eigenvalue weighted by molar-refractivity contribution is 0.401. The fraction of sp³-hybridized carbons (Fsp3) is 0.192. The van der Waals surface area contributed by atoms with E-state index in [-0.39, 0.29) is 11.7 Å². The highest BCUT2D eigenvalue weighted by atomic mass is 32.3. The molecule has 0 saturated carbocycles. The van der Waals surface area contributed by atoms with Crippen LogP contribution in [-0.2, 0) is 33.0 Å². The van der Waals surface area contributed by atoms with E-state index in [4.69, 9.17) is 5.10 Å². The summed E-state index contributed by atoms with van der Waals surface area (Å²) in [6.45, 7) is 0.565. The van der Waals surface area contributed by atoms with Gasteiger partial charge in [0, 0.05) is 11.8 Å². The fourth-order valence-corrected chi connectivity index (χ4v) is 8.30. The van der Waals surface area contributed by atoms with E-state index < -0.39 is 20.0 Å². The number of hydrogen-bond acceptors (Lipinski definition) is 7. The van der Waals surface area contributed by atoms with Crippen molar-refractivity contribution in [3.05, 3.63) is 95.4 Å². The second-order valence-electron chi connectivity index (χ2n) is 9.40. The molecule has 2 heterocycles. The van der Waals surface area contributed by atoms with E-state index in [0.717, 1.165) is 30.2 Å². The van der Waals surface area contributed by atoms with Gasteiger partial charge in [-0.1, -0.05) is 36.4 Å². The highest BCUT2D eigenvalue weighted by Gasteiger charge is 2.30. The average Bonchev–Trinajstić information content (AvgIpc) is 3.41. The molecule has 37 heavy (non-hydrogen) atoms. The van der Waals surface area contributed by atoms with Crippen LogP contribution in [0, 0.1) is 0 Å². The van der Waals surface area contributed by atoms with Crippen LogP contribution in [0.2, 0.25) is 0 Å². The van der Waals surface area contributed by atoms with Crippen molar-refractivity contribution in [2.75, 3.05) is 21.6 Å². The van der Waals surface area contributed by atoms with Gasteiger partial charge in [-0.15, -0.1) is 0 Å². The lowest BCUT2D eigenvalue weighted by atomic mass is 10.0. The summed E-state index contributed by atoms with van der Waals surface area (Å²) < 4.78 is 50.7. The highest BCUT2D eigenvalue weighted by molar-refractivity contribution is 8.09. The zero-order chi connectivity index (χ0) is 25.9. The molecule has 3 aromatic carbocycles. The molecule has 1 aliphatic carbocycles. The smallest absolute Gasteiger partial charge is 0.245 e. The molecule has 0 spiro atoms. The van der Waals surface area contributed by atoms with Crippen molar-refractivity contribution in [3.63, 3.8) is 0 Å². The Morgan fingerprint density at radius 2 is 1.65 bits per heavy atom. The predicted molar refractivity (Wildman–Crippen MR) is 145 cm³/mol. The predicted octanol–water partition coefficient (Wildman–Crippen LogP) is 3.72. The Balaban J connectivity index is 1.24. The third-order valence-corrected chi connectivity index (χ3v) is 9.98. The summed E-state index contributed by atoms with van der Waals surface area (Å²) in [5, 5.41) is 9.24. The van der Waals surface area contributed by atoms with E-state index in [9.17, 15) is 16.8 Å². The van der Waals surface area contributed by atoms with E-state index in [1.54, 1.807) is 12.1 Å². The maximum atomic E-state index is 12.0. The van der Waals surface area contributed by atoms with Crippen LogP contribution >= 0.6 is 0 Å². The summed E-state index contributed by atoms with van der Waals surface area (Å²) in [5.74, 6) is 0. The van der Waals surface area contributed by atoms with Crippen molar-refractivity contribution in [1.29, 1.82) is 0 Å². The minimum atomic E-state index is -4.00. The molecule has 9 nitrogen and oxygen atoms in total. The topological polar surface area (TPSA) is 105 Å². The Labute approximate surface area is 215 Å². The molecule has 6 rings (SSSR count). The van der Waals surface area contributed by atoms with Crippen LogP contribution in [0.4, 0.5) is 11.4 Å². The Bertz CT molecular complexity index is 1740. The Morgan fingerprint density at radius 3 is 2.35 bits per heavy atom. The number of fused-ring (bicyclic) bond motifs is 1. The number of aromatic nitrogens is 2. The standard InChI is InChI=1S/C26H25N5O4S2/c1-36(32,33)31(37(2,34)35)22-11-9-21(10-12-22)28-29-14-13-20-16-27-30(25(20)17-29)24-15-19-7-3-5-18-6-4-8-23(24)26(18)19/h3-14,16,24,28H,15,17H2,1-2H3. The van der Waals surface area contributed by atoms with Crippen molar-refractivity contribution < 1.29 is 16.8 Å². The fourth-order valence-electron chi connectivity index (χ4n) is 5.32. The minimum Gasteiger partial charge on any atom is -0.299 e. The molecule has 0 fully saturated rings. The Hall–Kier alpha value is -3.83. The first kappa shape index (κ1) is 23.6. The average molecular weight is 536 g/mol. The zero-order valence-corrected chi connectivity index (χ0v) is 21.9. The van der Waals surface area contributed by atoms with E-state index in [0.29, 0.717) is 15.9 Å². The first-order chi connectivity index (χ1) is 17.6. The second kappa shape index (κ2) is 8.35. The maximum absolute atomic E-state index is 12.0. The van der Waals surface area contributed by atoms with Crippen molar-refractivity contribution in [2.45, 2.75) is 19.0 Å². The molecule has 1 aromatic heterocycles. The first-order valence-electron chi connectivity index (χ1n) is 11.7. The molecule has 11 heteroatoms. The van der Waals surface area contributed by atoms with Gasteiger partial charge in [0.2, 0.25) is 20.0 Å². The van der Waals surface area contributed by atoms with Crippen LogP contribution in [0.1, 0.15) is 28.4 Å². The van der Waals surface area contributed by atoms with Crippen LogP contribution in [0.15, 0.2) is 73.1 Å². The minimum absolute atomic E-state index is 0.0556. The molecule has 0 amide bonds. The highest BCUT2D eigenvalue weighted by Crippen LogP contribution is 2.40. The van der Waals surface area contributed by atoms with Gasteiger partial charge in [-0.05, 0) is 58.7 Å². The molecule has 1 atom stereocenters. The van der Waals surface area contributed by atoms with Crippen LogP contribution in [0.5, 0.6) is 0 Å². The lowest BCUT2D eigenvalue weighted by Crippen LogP contribution is -2.35. The van der Waals surface area contributed by atoms with Crippen LogP contribution in [0.3, 0.4) is 0 Å². The van der Waals surface area contributed by atoms with Crippen LogP contribution in [0.25, 0.3) is 16.8 Å². The molecule has 2 aliphatic rings. The molecule has 190 valence electrons. The third-order valence-electron chi connectivity index (χ3n) is 6.73. The first-order valence-corrected chi connectivity index (χ1v) is 15.4. The number of rotatable bonds is 6. The Kier molecular flexibility index (Phi) is 5.32. The number of hydrogen-bond donors (Lipinski definition) is 1. The number of nitrogens with zero attached hydrogens (tertiary/aromatic N) is 4. The van der Waals surface area contributed by atoms with Gasteiger partial charge in [0.25, 0.3) is 0 Å². The van der Waals surface area contributed by atoms with Crippen molar-refractivity contribution in [1.82, 2.24) is 14.8 Å². The molecule has 1 N–H and O–H groups in total. The summed E-state index contributed by atoms with van der Waals surface area (Å²) in [4.78, 5) is 0. The summed E-state index contributed by atoms with van der Waals surface area (Å²) in [5.41, 5.74) is 8.80. The zero-order valence-electron chi connectivity index (χ0n) is 20.2. The van der Waals surface area contributed by atoms with Gasteiger partial charge in [-0.25, -0.2) is 16.8 Å². The largest absolute Gasteiger partial charge is 0.299 e. The number of nitrogens with one attached hydrogen (secondary N) is 1. The van der Waals surface area contributed by atoms with Gasteiger partial charge in [-0.3, -0.25) is 15.1 Å². The molecule has 0 radical (unpaired) electrons. The second-order valence-corrected chi connectivity index (χ2v) is 13.3. The molecule has 4 aromatic rings. The molecular formula is C26H25N5O4S2. The quantitative estimate of drug-likeness (QED) is 0.401.